The van der Waals surface area contributed by atoms with Crippen LogP contribution in [0.4, 0.5) is 5.69 Å². The van der Waals surface area contributed by atoms with E-state index in [1.165, 1.54) is 0 Å². The number of hydrogen-bond donors (Lipinski definition) is 1. The Morgan fingerprint density at radius 2 is 1.90 bits per heavy atom. The van der Waals surface area contributed by atoms with Crippen molar-refractivity contribution in [2.45, 2.75) is 20.8 Å². The Balaban J connectivity index is 1.49. The summed E-state index contributed by atoms with van der Waals surface area (Å²) in [6.07, 6.45) is 1.67. The highest BCUT2D eigenvalue weighted by molar-refractivity contribution is 6.32. The lowest BCUT2D eigenvalue weighted by Crippen LogP contribution is -2.20. The van der Waals surface area contributed by atoms with Gasteiger partial charge in [-0.2, -0.15) is 4.98 Å². The Kier molecular flexibility index (Phi) is 5.42. The Hall–Kier alpha value is -3.38. The zero-order chi connectivity index (χ0) is 21.3. The van der Waals surface area contributed by atoms with E-state index in [9.17, 15) is 4.79 Å². The van der Waals surface area contributed by atoms with Crippen LogP contribution in [-0.4, -0.2) is 22.5 Å². The fourth-order valence-corrected chi connectivity index (χ4v) is 3.32. The van der Waals surface area contributed by atoms with E-state index in [-0.39, 0.29) is 12.5 Å². The first-order chi connectivity index (χ1) is 14.4. The molecule has 6 nitrogen and oxygen atoms in total. The maximum Gasteiger partial charge on any atom is 0.262 e. The van der Waals surface area contributed by atoms with Gasteiger partial charge in [0.25, 0.3) is 5.91 Å². The molecule has 0 aliphatic heterocycles. The molecule has 0 saturated carbocycles. The van der Waals surface area contributed by atoms with Crippen LogP contribution in [0, 0.1) is 20.8 Å². The summed E-state index contributed by atoms with van der Waals surface area (Å²) in [5.74, 6) is 0.800. The lowest BCUT2D eigenvalue weighted by molar-refractivity contribution is -0.118. The molecule has 1 amide bonds. The number of nitrogens with one attached hydrogen (secondary N) is 1. The molecule has 2 heterocycles. The largest absolute Gasteiger partial charge is 0.484 e. The van der Waals surface area contributed by atoms with Crippen LogP contribution in [0.5, 0.6) is 5.75 Å². The number of aromatic nitrogens is 2. The van der Waals surface area contributed by atoms with Crippen molar-refractivity contribution in [2.75, 3.05) is 11.9 Å². The van der Waals surface area contributed by atoms with Gasteiger partial charge in [0.15, 0.2) is 17.8 Å². The maximum absolute atomic E-state index is 12.5. The van der Waals surface area contributed by atoms with Gasteiger partial charge in [-0.3, -0.25) is 4.79 Å². The number of nitrogens with zero attached hydrogens (tertiary/aromatic N) is 2. The van der Waals surface area contributed by atoms with E-state index in [4.69, 9.17) is 20.8 Å². The van der Waals surface area contributed by atoms with Crippen LogP contribution in [0.3, 0.4) is 0 Å². The van der Waals surface area contributed by atoms with Gasteiger partial charge in [0, 0.05) is 22.5 Å². The Morgan fingerprint density at radius 1 is 1.13 bits per heavy atom. The summed E-state index contributed by atoms with van der Waals surface area (Å²) in [5.41, 5.74) is 5.27. The van der Waals surface area contributed by atoms with Gasteiger partial charge in [-0.15, -0.1) is 0 Å². The summed E-state index contributed by atoms with van der Waals surface area (Å²) < 4.78 is 11.5. The van der Waals surface area contributed by atoms with Gasteiger partial charge in [0.05, 0.1) is 0 Å². The fraction of sp³-hybridized carbons (Fsp3) is 0.174. The van der Waals surface area contributed by atoms with Gasteiger partial charge < -0.3 is 14.5 Å². The third-order valence-electron chi connectivity index (χ3n) is 4.78. The molecule has 1 N–H and O–H groups in total. The van der Waals surface area contributed by atoms with Gasteiger partial charge in [-0.05, 0) is 73.9 Å². The second kappa shape index (κ2) is 8.16. The summed E-state index contributed by atoms with van der Waals surface area (Å²) >= 11 is 6.18. The molecule has 0 saturated heterocycles. The zero-order valence-corrected chi connectivity index (χ0v) is 17.6. The zero-order valence-electron chi connectivity index (χ0n) is 16.8. The molecule has 7 heteroatoms. The first-order valence-corrected chi connectivity index (χ1v) is 9.81. The second-order valence-corrected chi connectivity index (χ2v) is 7.41. The van der Waals surface area contributed by atoms with E-state index < -0.39 is 0 Å². The van der Waals surface area contributed by atoms with Crippen molar-refractivity contribution in [2.24, 2.45) is 0 Å². The SMILES string of the molecule is Cc1cc(OCC(=O)Nc2cccc(-c3nc4ncccc4o3)c2C)cc(C)c1Cl. The number of rotatable bonds is 5. The molecular weight excluding hydrogens is 402 g/mol. The molecule has 0 fully saturated rings. The quantitative estimate of drug-likeness (QED) is 0.461. The number of anilines is 1. The number of carbonyl (C=O) groups excluding carboxylic acids is 1. The fourth-order valence-electron chi connectivity index (χ4n) is 3.21. The van der Waals surface area contributed by atoms with E-state index in [2.05, 4.69) is 15.3 Å². The van der Waals surface area contributed by atoms with Crippen LogP contribution >= 0.6 is 11.6 Å². The summed E-state index contributed by atoms with van der Waals surface area (Å²) in [6, 6.07) is 12.8. The molecule has 152 valence electrons. The first-order valence-electron chi connectivity index (χ1n) is 9.43. The maximum atomic E-state index is 12.5. The molecule has 0 aliphatic carbocycles. The second-order valence-electron chi connectivity index (χ2n) is 7.03. The predicted octanol–water partition coefficient (Wildman–Crippen LogP) is 5.49. The van der Waals surface area contributed by atoms with Crippen molar-refractivity contribution >= 4 is 34.4 Å². The molecule has 0 radical (unpaired) electrons. The minimum Gasteiger partial charge on any atom is -0.484 e. The highest BCUT2D eigenvalue weighted by Gasteiger charge is 2.15. The minimum absolute atomic E-state index is 0.114. The predicted molar refractivity (Wildman–Crippen MR) is 117 cm³/mol. The number of ether oxygens (including phenoxy) is 1. The van der Waals surface area contributed by atoms with Crippen molar-refractivity contribution in [3.05, 3.63) is 70.4 Å². The molecule has 0 spiro atoms. The van der Waals surface area contributed by atoms with E-state index >= 15 is 0 Å². The molecule has 4 aromatic rings. The molecule has 2 aromatic carbocycles. The number of fused-ring (bicyclic) bond motifs is 1. The highest BCUT2D eigenvalue weighted by atomic mass is 35.5. The van der Waals surface area contributed by atoms with Crippen molar-refractivity contribution in [3.63, 3.8) is 0 Å². The topological polar surface area (TPSA) is 77.2 Å². The molecule has 0 bridgehead atoms. The number of hydrogen-bond acceptors (Lipinski definition) is 5. The summed E-state index contributed by atoms with van der Waals surface area (Å²) in [6.45, 7) is 5.59. The van der Waals surface area contributed by atoms with Crippen LogP contribution < -0.4 is 10.1 Å². The molecule has 4 rings (SSSR count). The third kappa shape index (κ3) is 4.00. The lowest BCUT2D eigenvalue weighted by Gasteiger charge is -2.12. The summed E-state index contributed by atoms with van der Waals surface area (Å²) in [5, 5.41) is 3.59. The Bertz CT molecular complexity index is 1190. The molecule has 0 unspecified atom stereocenters. The van der Waals surface area contributed by atoms with E-state index in [1.54, 1.807) is 12.3 Å². The van der Waals surface area contributed by atoms with Crippen molar-refractivity contribution in [1.82, 2.24) is 9.97 Å². The standard InChI is InChI=1S/C23H20ClN3O3/c1-13-10-16(11-14(2)21(13)24)29-12-20(28)26-18-7-4-6-17(15(18)3)23-27-22-19(30-23)8-5-9-25-22/h4-11H,12H2,1-3H3,(H,26,28). The number of carbonyl (C=O) groups is 1. The third-order valence-corrected chi connectivity index (χ3v) is 5.38. The van der Waals surface area contributed by atoms with Gasteiger partial charge >= 0.3 is 0 Å². The van der Waals surface area contributed by atoms with Crippen LogP contribution in [0.25, 0.3) is 22.7 Å². The van der Waals surface area contributed by atoms with E-state index in [0.29, 0.717) is 33.6 Å². The average molecular weight is 422 g/mol. The number of halogens is 1. The Morgan fingerprint density at radius 3 is 2.63 bits per heavy atom. The molecule has 0 atom stereocenters. The highest BCUT2D eigenvalue weighted by Crippen LogP contribution is 2.30. The summed E-state index contributed by atoms with van der Waals surface area (Å²) in [7, 11) is 0. The van der Waals surface area contributed by atoms with Gasteiger partial charge in [-0.25, -0.2) is 4.98 Å². The number of aryl methyl sites for hydroxylation is 2. The van der Waals surface area contributed by atoms with Crippen LogP contribution in [0.2, 0.25) is 5.02 Å². The lowest BCUT2D eigenvalue weighted by atomic mass is 10.1. The monoisotopic (exact) mass is 421 g/mol. The minimum atomic E-state index is -0.264. The number of amides is 1. The van der Waals surface area contributed by atoms with Gasteiger partial charge in [-0.1, -0.05) is 17.7 Å². The van der Waals surface area contributed by atoms with Gasteiger partial charge in [0.2, 0.25) is 5.89 Å². The van der Waals surface area contributed by atoms with Crippen LogP contribution in [0.1, 0.15) is 16.7 Å². The van der Waals surface area contributed by atoms with Crippen molar-refractivity contribution in [3.8, 4) is 17.2 Å². The van der Waals surface area contributed by atoms with Crippen LogP contribution in [-0.2, 0) is 4.79 Å². The van der Waals surface area contributed by atoms with Crippen molar-refractivity contribution in [1.29, 1.82) is 0 Å². The normalized spacial score (nSPS) is 10.9. The Labute approximate surface area is 178 Å². The van der Waals surface area contributed by atoms with E-state index in [0.717, 1.165) is 22.3 Å². The van der Waals surface area contributed by atoms with E-state index in [1.807, 2.05) is 57.2 Å². The smallest absolute Gasteiger partial charge is 0.262 e. The molecule has 30 heavy (non-hydrogen) atoms. The molecule has 2 aromatic heterocycles. The number of pyridine rings is 1. The molecule has 0 aliphatic rings. The molecular formula is C23H20ClN3O3. The number of oxazole rings is 1. The van der Waals surface area contributed by atoms with Gasteiger partial charge in [0.1, 0.15) is 5.75 Å². The number of benzene rings is 2. The van der Waals surface area contributed by atoms with Crippen LogP contribution in [0.15, 0.2) is 53.1 Å². The van der Waals surface area contributed by atoms with Crippen molar-refractivity contribution < 1.29 is 13.9 Å². The average Bonchev–Trinajstić information content (AvgIpc) is 3.16. The first kappa shape index (κ1) is 19.9. The summed E-state index contributed by atoms with van der Waals surface area (Å²) in [4.78, 5) is 21.1.